The zero-order chi connectivity index (χ0) is 14.1. The third kappa shape index (κ3) is 3.20. The molecule has 3 rings (SSSR count). The Bertz CT molecular complexity index is 639. The summed E-state index contributed by atoms with van der Waals surface area (Å²) in [6, 6.07) is 15.2. The Morgan fingerprint density at radius 2 is 1.90 bits per heavy atom. The van der Waals surface area contributed by atoms with Gasteiger partial charge in [-0.2, -0.15) is 0 Å². The number of hydrogen-bond donors (Lipinski definition) is 1. The number of nitrogens with two attached hydrogens (primary N) is 1. The van der Waals surface area contributed by atoms with Crippen LogP contribution in [0.1, 0.15) is 31.4 Å². The van der Waals surface area contributed by atoms with Crippen LogP contribution in [-0.4, -0.2) is 23.4 Å². The van der Waals surface area contributed by atoms with Gasteiger partial charge in [0.25, 0.3) is 0 Å². The van der Waals surface area contributed by atoms with Crippen molar-refractivity contribution < 1.29 is 4.79 Å². The predicted octanol–water partition coefficient (Wildman–Crippen LogP) is 3.27. The zero-order valence-electron chi connectivity index (χ0n) is 12.2. The van der Waals surface area contributed by atoms with E-state index < -0.39 is 0 Å². The maximum absolute atomic E-state index is 12.1. The highest BCUT2D eigenvalue weighted by Crippen LogP contribution is 2.35. The van der Waals surface area contributed by atoms with Gasteiger partial charge < -0.3 is 10.6 Å². The summed E-state index contributed by atoms with van der Waals surface area (Å²) in [5.74, 6) is 0.0492. The van der Waals surface area contributed by atoms with Crippen LogP contribution in [0.2, 0.25) is 0 Å². The molecule has 1 saturated carbocycles. The number of carbonyl (C=O) groups is 1. The maximum atomic E-state index is 12.1. The van der Waals surface area contributed by atoms with Crippen molar-refractivity contribution in [1.29, 1.82) is 0 Å². The molecule has 1 aliphatic rings. The van der Waals surface area contributed by atoms with Crippen molar-refractivity contribution in [3.63, 3.8) is 0 Å². The fourth-order valence-corrected chi connectivity index (χ4v) is 2.82. The molecule has 1 amide bonds. The Morgan fingerprint density at radius 1 is 1.24 bits per heavy atom. The van der Waals surface area contributed by atoms with Crippen LogP contribution in [0, 0.1) is 0 Å². The van der Waals surface area contributed by atoms with E-state index in [-0.39, 0.29) is 30.9 Å². The highest BCUT2D eigenvalue weighted by Gasteiger charge is 2.35. The Labute approximate surface area is 131 Å². The summed E-state index contributed by atoms with van der Waals surface area (Å²) >= 11 is 0. The third-order valence-corrected chi connectivity index (χ3v) is 4.08. The molecule has 0 bridgehead atoms. The van der Waals surface area contributed by atoms with Crippen molar-refractivity contribution in [3.05, 3.63) is 48.0 Å². The third-order valence-electron chi connectivity index (χ3n) is 4.08. The van der Waals surface area contributed by atoms with Crippen LogP contribution in [0.3, 0.4) is 0 Å². The van der Waals surface area contributed by atoms with Gasteiger partial charge in [-0.05, 0) is 42.2 Å². The van der Waals surface area contributed by atoms with Crippen LogP contribution in [0.25, 0.3) is 10.8 Å². The van der Waals surface area contributed by atoms with Gasteiger partial charge in [0.05, 0.1) is 12.6 Å². The highest BCUT2D eigenvalue weighted by atomic mass is 35.5. The number of rotatable bonds is 4. The smallest absolute Gasteiger partial charge is 0.237 e. The first-order valence-corrected chi connectivity index (χ1v) is 7.20. The zero-order valence-corrected chi connectivity index (χ0v) is 13.0. The lowest BCUT2D eigenvalue weighted by Gasteiger charge is -2.29. The molecule has 1 aliphatic carbocycles. The van der Waals surface area contributed by atoms with Gasteiger partial charge in [-0.1, -0.05) is 36.4 Å². The first-order chi connectivity index (χ1) is 9.70. The molecular formula is C17H21ClN2O. The SMILES string of the molecule is CC(c1ccc2ccccc2c1)N(C(=O)CN)C1CC1.Cl. The Balaban J connectivity index is 0.00000161. The van der Waals surface area contributed by atoms with Gasteiger partial charge >= 0.3 is 0 Å². The summed E-state index contributed by atoms with van der Waals surface area (Å²) in [4.78, 5) is 14.0. The quantitative estimate of drug-likeness (QED) is 0.942. The molecule has 3 nitrogen and oxygen atoms in total. The van der Waals surface area contributed by atoms with Crippen LogP contribution in [0.15, 0.2) is 42.5 Å². The molecule has 1 fully saturated rings. The molecule has 0 aliphatic heterocycles. The number of hydrogen-bond acceptors (Lipinski definition) is 2. The number of fused-ring (bicyclic) bond motifs is 1. The van der Waals surface area contributed by atoms with E-state index in [1.54, 1.807) is 0 Å². The second-order valence-corrected chi connectivity index (χ2v) is 5.52. The number of benzene rings is 2. The van der Waals surface area contributed by atoms with Gasteiger partial charge in [0.2, 0.25) is 5.91 Å². The van der Waals surface area contributed by atoms with E-state index in [4.69, 9.17) is 5.73 Å². The minimum absolute atomic E-state index is 0. The minimum atomic E-state index is 0. The molecule has 1 atom stereocenters. The van der Waals surface area contributed by atoms with Crippen LogP contribution in [0.4, 0.5) is 0 Å². The first kappa shape index (κ1) is 15.8. The highest BCUT2D eigenvalue weighted by molar-refractivity contribution is 5.85. The molecule has 0 heterocycles. The molecule has 0 aromatic heterocycles. The van der Waals surface area contributed by atoms with Gasteiger partial charge in [-0.25, -0.2) is 0 Å². The van der Waals surface area contributed by atoms with E-state index in [1.807, 2.05) is 17.0 Å². The molecule has 0 saturated heterocycles. The molecule has 112 valence electrons. The van der Waals surface area contributed by atoms with Crippen molar-refractivity contribution in [1.82, 2.24) is 4.90 Å². The molecule has 2 N–H and O–H groups in total. The summed E-state index contributed by atoms with van der Waals surface area (Å²) in [6.45, 7) is 2.18. The van der Waals surface area contributed by atoms with E-state index in [0.717, 1.165) is 12.8 Å². The van der Waals surface area contributed by atoms with Crippen LogP contribution in [-0.2, 0) is 4.79 Å². The number of nitrogens with zero attached hydrogens (tertiary/aromatic N) is 1. The summed E-state index contributed by atoms with van der Waals surface area (Å²) in [7, 11) is 0. The lowest BCUT2D eigenvalue weighted by atomic mass is 10.0. The van der Waals surface area contributed by atoms with Gasteiger partial charge in [0.1, 0.15) is 0 Å². The monoisotopic (exact) mass is 304 g/mol. The average molecular weight is 305 g/mol. The summed E-state index contributed by atoms with van der Waals surface area (Å²) in [5, 5.41) is 2.44. The standard InChI is InChI=1S/C17H20N2O.ClH/c1-12(19(16-8-9-16)17(20)11-18)14-7-6-13-4-2-3-5-15(13)10-14;/h2-7,10,12,16H,8-9,11,18H2,1H3;1H. The number of amides is 1. The summed E-state index contributed by atoms with van der Waals surface area (Å²) < 4.78 is 0. The Hall–Kier alpha value is -1.58. The molecule has 2 aromatic rings. The topological polar surface area (TPSA) is 46.3 Å². The van der Waals surface area contributed by atoms with Crippen molar-refractivity contribution in [2.45, 2.75) is 31.8 Å². The fraction of sp³-hybridized carbons (Fsp3) is 0.353. The van der Waals surface area contributed by atoms with E-state index in [0.29, 0.717) is 6.04 Å². The first-order valence-electron chi connectivity index (χ1n) is 7.20. The second-order valence-electron chi connectivity index (χ2n) is 5.52. The number of halogens is 1. The van der Waals surface area contributed by atoms with Gasteiger partial charge in [-0.3, -0.25) is 4.79 Å². The van der Waals surface area contributed by atoms with Crippen LogP contribution >= 0.6 is 12.4 Å². The lowest BCUT2D eigenvalue weighted by Crippen LogP contribution is -2.39. The largest absolute Gasteiger partial charge is 0.332 e. The molecule has 21 heavy (non-hydrogen) atoms. The van der Waals surface area contributed by atoms with Gasteiger partial charge in [-0.15, -0.1) is 12.4 Å². The van der Waals surface area contributed by atoms with Crippen LogP contribution < -0.4 is 5.73 Å². The van der Waals surface area contributed by atoms with Crippen molar-refractivity contribution in [2.75, 3.05) is 6.54 Å². The van der Waals surface area contributed by atoms with E-state index in [1.165, 1.54) is 16.3 Å². The van der Waals surface area contributed by atoms with E-state index in [9.17, 15) is 4.79 Å². The average Bonchev–Trinajstić information content (AvgIpc) is 3.31. The van der Waals surface area contributed by atoms with Crippen molar-refractivity contribution in [3.8, 4) is 0 Å². The second kappa shape index (κ2) is 6.46. The molecule has 1 unspecified atom stereocenters. The number of carbonyl (C=O) groups excluding carboxylic acids is 1. The Morgan fingerprint density at radius 3 is 2.52 bits per heavy atom. The van der Waals surface area contributed by atoms with Crippen molar-refractivity contribution >= 4 is 29.1 Å². The van der Waals surface area contributed by atoms with E-state index in [2.05, 4.69) is 37.3 Å². The fourth-order valence-electron chi connectivity index (χ4n) is 2.82. The molecule has 4 heteroatoms. The summed E-state index contributed by atoms with van der Waals surface area (Å²) in [6.07, 6.45) is 2.20. The molecule has 0 radical (unpaired) electrons. The lowest BCUT2D eigenvalue weighted by molar-refractivity contribution is -0.132. The predicted molar refractivity (Wildman–Crippen MR) is 88.5 cm³/mol. The minimum Gasteiger partial charge on any atom is -0.332 e. The van der Waals surface area contributed by atoms with Gasteiger partial charge in [0.15, 0.2) is 0 Å². The van der Waals surface area contributed by atoms with E-state index >= 15 is 0 Å². The normalized spacial score (nSPS) is 15.3. The molecule has 0 spiro atoms. The Kier molecular flexibility index (Phi) is 4.86. The molecular weight excluding hydrogens is 284 g/mol. The molecule has 2 aromatic carbocycles. The van der Waals surface area contributed by atoms with Crippen LogP contribution in [0.5, 0.6) is 0 Å². The summed E-state index contributed by atoms with van der Waals surface area (Å²) in [5.41, 5.74) is 6.73. The van der Waals surface area contributed by atoms with Gasteiger partial charge in [0, 0.05) is 6.04 Å². The van der Waals surface area contributed by atoms with Crippen molar-refractivity contribution in [2.24, 2.45) is 5.73 Å². The maximum Gasteiger partial charge on any atom is 0.237 e.